The van der Waals surface area contributed by atoms with E-state index in [9.17, 15) is 31.9 Å². The molecule has 2 aromatic carbocycles. The van der Waals surface area contributed by atoms with E-state index in [1.165, 1.54) is 12.1 Å². The number of nitrogens with zero attached hydrogens (tertiary/aromatic N) is 2. The van der Waals surface area contributed by atoms with Crippen molar-refractivity contribution in [2.24, 2.45) is 7.05 Å². The lowest BCUT2D eigenvalue weighted by atomic mass is 10.2. The van der Waals surface area contributed by atoms with E-state index in [4.69, 9.17) is 21.1 Å². The zero-order valence-electron chi connectivity index (χ0n) is 16.2. The van der Waals surface area contributed by atoms with Gasteiger partial charge in [-0.1, -0.05) is 23.7 Å². The van der Waals surface area contributed by atoms with Crippen LogP contribution in [0.3, 0.4) is 0 Å². The van der Waals surface area contributed by atoms with Gasteiger partial charge in [0.15, 0.2) is 17.8 Å². The summed E-state index contributed by atoms with van der Waals surface area (Å²) in [6.45, 7) is -0.278. The number of hydrogen-bond acceptors (Lipinski definition) is 5. The van der Waals surface area contributed by atoms with E-state index in [1.807, 2.05) is 0 Å². The Morgan fingerprint density at radius 3 is 2.34 bits per heavy atom. The topological polar surface area (TPSA) is 79.5 Å². The molecule has 1 heterocycles. The van der Waals surface area contributed by atoms with Crippen molar-refractivity contribution in [2.75, 3.05) is 6.61 Å². The van der Waals surface area contributed by atoms with Gasteiger partial charge < -0.3 is 9.47 Å². The van der Waals surface area contributed by atoms with Crippen LogP contribution in [0, 0.1) is 5.82 Å². The molecule has 0 unspecified atom stereocenters. The third-order valence-corrected chi connectivity index (χ3v) is 4.52. The molecule has 12 heteroatoms. The minimum Gasteiger partial charge on any atom is -0.482 e. The number of para-hydroxylation sites is 2. The molecule has 0 radical (unpaired) electrons. The summed E-state index contributed by atoms with van der Waals surface area (Å²) in [5, 5.41) is -0.256. The standard InChI is InChI=1S/C20H13ClF4N2O5/c1-26-17(20(23,24)25)10-18(29)27(19(26)30)13-9-16(11(21)8-12(13)22)32-15-5-3-2-4-14(15)31-7-6-28/h2-6,8-10H,7H2,1H3. The number of hydrogen-bond donors (Lipinski definition) is 0. The molecular formula is C20H13ClF4N2O5. The molecule has 0 amide bonds. The molecule has 0 fully saturated rings. The van der Waals surface area contributed by atoms with Crippen molar-refractivity contribution in [3.8, 4) is 22.9 Å². The summed E-state index contributed by atoms with van der Waals surface area (Å²) >= 11 is 6.01. The van der Waals surface area contributed by atoms with Crippen molar-refractivity contribution in [3.05, 3.63) is 79.8 Å². The smallest absolute Gasteiger partial charge is 0.431 e. The van der Waals surface area contributed by atoms with E-state index in [1.54, 1.807) is 12.1 Å². The maximum atomic E-state index is 14.6. The van der Waals surface area contributed by atoms with Gasteiger partial charge >= 0.3 is 11.9 Å². The molecule has 32 heavy (non-hydrogen) atoms. The molecule has 0 saturated heterocycles. The van der Waals surface area contributed by atoms with Crippen LogP contribution in [0.25, 0.3) is 5.69 Å². The minimum atomic E-state index is -4.97. The van der Waals surface area contributed by atoms with E-state index in [-0.39, 0.29) is 44.1 Å². The molecule has 0 bridgehead atoms. The number of ether oxygens (including phenoxy) is 2. The van der Waals surface area contributed by atoms with Gasteiger partial charge in [0.25, 0.3) is 5.56 Å². The van der Waals surface area contributed by atoms with Gasteiger partial charge in [-0.3, -0.25) is 14.2 Å². The Kier molecular flexibility index (Phi) is 6.40. The van der Waals surface area contributed by atoms with Crippen LogP contribution in [0.15, 0.2) is 52.1 Å². The minimum absolute atomic E-state index is 0.0708. The molecule has 1 aromatic heterocycles. The number of halogens is 5. The average molecular weight is 473 g/mol. The van der Waals surface area contributed by atoms with Crippen LogP contribution in [0.2, 0.25) is 5.02 Å². The lowest BCUT2D eigenvalue weighted by Gasteiger charge is -2.16. The number of alkyl halides is 3. The molecule has 0 N–H and O–H groups in total. The Balaban J connectivity index is 2.14. The maximum absolute atomic E-state index is 14.6. The van der Waals surface area contributed by atoms with Crippen molar-refractivity contribution < 1.29 is 31.8 Å². The van der Waals surface area contributed by atoms with Crippen LogP contribution >= 0.6 is 11.6 Å². The zero-order valence-corrected chi connectivity index (χ0v) is 16.9. The molecule has 0 aliphatic carbocycles. The van der Waals surface area contributed by atoms with Crippen LogP contribution in [0.4, 0.5) is 17.6 Å². The zero-order chi connectivity index (χ0) is 23.6. The second-order valence-electron chi connectivity index (χ2n) is 6.30. The van der Waals surface area contributed by atoms with E-state index >= 15 is 0 Å². The highest BCUT2D eigenvalue weighted by Crippen LogP contribution is 2.37. The highest BCUT2D eigenvalue weighted by Gasteiger charge is 2.35. The molecule has 3 rings (SSSR count). The summed E-state index contributed by atoms with van der Waals surface area (Å²) in [5.74, 6) is -1.16. The summed E-state index contributed by atoms with van der Waals surface area (Å²) in [7, 11) is 0.799. The number of rotatable bonds is 6. The molecule has 0 aliphatic rings. The van der Waals surface area contributed by atoms with Crippen molar-refractivity contribution in [3.63, 3.8) is 0 Å². The Bertz CT molecular complexity index is 1300. The van der Waals surface area contributed by atoms with Gasteiger partial charge in [0.05, 0.1) is 10.7 Å². The molecule has 0 saturated carbocycles. The van der Waals surface area contributed by atoms with Crippen molar-refractivity contribution in [2.45, 2.75) is 6.18 Å². The highest BCUT2D eigenvalue weighted by atomic mass is 35.5. The fraction of sp³-hybridized carbons (Fsp3) is 0.150. The molecule has 3 aromatic rings. The number of carbonyl (C=O) groups excluding carboxylic acids is 1. The molecule has 0 spiro atoms. The van der Waals surface area contributed by atoms with Crippen LogP contribution in [0.5, 0.6) is 17.2 Å². The Labute approximate surface area is 182 Å². The number of aromatic nitrogens is 2. The normalized spacial score (nSPS) is 11.3. The van der Waals surface area contributed by atoms with Crippen molar-refractivity contribution in [1.29, 1.82) is 0 Å². The van der Waals surface area contributed by atoms with Crippen LogP contribution < -0.4 is 20.7 Å². The molecule has 168 valence electrons. The Hall–Kier alpha value is -3.60. The fourth-order valence-corrected chi connectivity index (χ4v) is 2.97. The largest absolute Gasteiger partial charge is 0.482 e. The maximum Gasteiger partial charge on any atom is 0.431 e. The van der Waals surface area contributed by atoms with Gasteiger partial charge in [-0.2, -0.15) is 13.2 Å². The second kappa shape index (κ2) is 8.87. The van der Waals surface area contributed by atoms with E-state index in [0.717, 1.165) is 19.2 Å². The molecule has 0 atom stereocenters. The van der Waals surface area contributed by atoms with Gasteiger partial charge in [0.1, 0.15) is 23.9 Å². The van der Waals surface area contributed by atoms with Gasteiger partial charge in [-0.15, -0.1) is 0 Å². The predicted molar refractivity (Wildman–Crippen MR) is 105 cm³/mol. The first-order valence-electron chi connectivity index (χ1n) is 8.77. The predicted octanol–water partition coefficient (Wildman–Crippen LogP) is 3.72. The van der Waals surface area contributed by atoms with Crippen molar-refractivity contribution >= 4 is 17.9 Å². The quantitative estimate of drug-likeness (QED) is 0.403. The number of benzene rings is 2. The summed E-state index contributed by atoms with van der Waals surface area (Å²) in [4.78, 5) is 35.3. The summed E-state index contributed by atoms with van der Waals surface area (Å²) in [5.41, 5.74) is -4.99. The fourth-order valence-electron chi connectivity index (χ4n) is 2.78. The third-order valence-electron chi connectivity index (χ3n) is 4.23. The lowest BCUT2D eigenvalue weighted by Crippen LogP contribution is -2.41. The van der Waals surface area contributed by atoms with Crippen LogP contribution in [-0.2, 0) is 18.0 Å². The first-order chi connectivity index (χ1) is 15.0. The monoisotopic (exact) mass is 472 g/mol. The highest BCUT2D eigenvalue weighted by molar-refractivity contribution is 6.32. The van der Waals surface area contributed by atoms with Gasteiger partial charge in [0.2, 0.25) is 0 Å². The van der Waals surface area contributed by atoms with E-state index in [2.05, 4.69) is 0 Å². The SMILES string of the molecule is Cn1c(C(F)(F)F)cc(=O)n(-c2cc(Oc3ccccc3OCC=O)c(Cl)cc2F)c1=O. The second-order valence-corrected chi connectivity index (χ2v) is 6.71. The van der Waals surface area contributed by atoms with Crippen molar-refractivity contribution in [1.82, 2.24) is 9.13 Å². The molecule has 7 nitrogen and oxygen atoms in total. The molecule has 0 aliphatic heterocycles. The number of aldehydes is 1. The van der Waals surface area contributed by atoms with E-state index in [0.29, 0.717) is 6.29 Å². The van der Waals surface area contributed by atoms with E-state index < -0.39 is 34.6 Å². The van der Waals surface area contributed by atoms with Gasteiger partial charge in [-0.25, -0.2) is 13.8 Å². The summed E-state index contributed by atoms with van der Waals surface area (Å²) in [6, 6.07) is 7.90. The summed E-state index contributed by atoms with van der Waals surface area (Å²) < 4.78 is 65.0. The Morgan fingerprint density at radius 1 is 1.06 bits per heavy atom. The first kappa shape index (κ1) is 23.1. The van der Waals surface area contributed by atoms with Crippen LogP contribution in [-0.4, -0.2) is 22.0 Å². The average Bonchev–Trinajstić information content (AvgIpc) is 2.72. The van der Waals surface area contributed by atoms with Crippen LogP contribution in [0.1, 0.15) is 5.69 Å². The first-order valence-corrected chi connectivity index (χ1v) is 9.15. The molecular weight excluding hydrogens is 460 g/mol. The van der Waals surface area contributed by atoms with Gasteiger partial charge in [0, 0.05) is 19.2 Å². The summed E-state index contributed by atoms with van der Waals surface area (Å²) in [6.07, 6.45) is -4.46. The number of carbonyl (C=O) groups is 1. The lowest BCUT2D eigenvalue weighted by molar-refractivity contribution is -0.144. The van der Waals surface area contributed by atoms with Gasteiger partial charge in [-0.05, 0) is 18.2 Å². The Morgan fingerprint density at radius 2 is 1.72 bits per heavy atom. The third kappa shape index (κ3) is 4.52.